The third-order valence-electron chi connectivity index (χ3n) is 2.19. The van der Waals surface area contributed by atoms with Gasteiger partial charge in [-0.25, -0.2) is 0 Å². The molecule has 4 heteroatoms. The number of rotatable bonds is 2. The highest BCUT2D eigenvalue weighted by Gasteiger charge is 2.07. The zero-order valence-corrected chi connectivity index (χ0v) is 8.38. The van der Waals surface area contributed by atoms with Gasteiger partial charge in [-0.05, 0) is 35.4 Å². The predicted molar refractivity (Wildman–Crippen MR) is 61.8 cm³/mol. The molecule has 0 spiro atoms. The van der Waals surface area contributed by atoms with Crippen LogP contribution in [-0.2, 0) is 0 Å². The van der Waals surface area contributed by atoms with E-state index in [-0.39, 0.29) is 5.69 Å². The standard InChI is InChI=1S/C12H9N2O2/c13-11-5-1-3-9(7-11)10-4-2-6-12(8-10)14(15)16/h1-3,5-8H,13H2. The average Bonchev–Trinajstić information content (AvgIpc) is 2.29. The lowest BCUT2D eigenvalue weighted by Gasteiger charge is -2.01. The third kappa shape index (κ3) is 2.00. The Morgan fingerprint density at radius 3 is 2.75 bits per heavy atom. The summed E-state index contributed by atoms with van der Waals surface area (Å²) in [7, 11) is 0. The smallest absolute Gasteiger partial charge is 0.270 e. The molecule has 79 valence electrons. The van der Waals surface area contributed by atoms with E-state index in [1.807, 2.05) is 6.07 Å². The molecule has 0 atom stereocenters. The lowest BCUT2D eigenvalue weighted by Crippen LogP contribution is -1.89. The van der Waals surface area contributed by atoms with E-state index in [4.69, 9.17) is 5.73 Å². The number of nitro groups is 1. The van der Waals surface area contributed by atoms with Crippen molar-refractivity contribution in [1.29, 1.82) is 0 Å². The van der Waals surface area contributed by atoms with E-state index in [1.54, 1.807) is 18.2 Å². The van der Waals surface area contributed by atoms with Crippen molar-refractivity contribution in [2.24, 2.45) is 0 Å². The van der Waals surface area contributed by atoms with Crippen molar-refractivity contribution in [2.75, 3.05) is 5.73 Å². The van der Waals surface area contributed by atoms with Crippen molar-refractivity contribution in [2.45, 2.75) is 0 Å². The first-order valence-electron chi connectivity index (χ1n) is 4.69. The molecule has 4 nitrogen and oxygen atoms in total. The number of hydrogen-bond donors (Lipinski definition) is 1. The quantitative estimate of drug-likeness (QED) is 0.473. The number of nitrogens with two attached hydrogens (primary N) is 1. The SMILES string of the molecule is Nc1cccc(-c2[c]ccc([N+](=O)[O-])c2)c1. The maximum atomic E-state index is 10.6. The number of benzene rings is 2. The first-order valence-corrected chi connectivity index (χ1v) is 4.69. The summed E-state index contributed by atoms with van der Waals surface area (Å²) >= 11 is 0. The normalized spacial score (nSPS) is 10.0. The molecule has 0 heterocycles. The highest BCUT2D eigenvalue weighted by atomic mass is 16.6. The summed E-state index contributed by atoms with van der Waals surface area (Å²) in [6.45, 7) is 0. The molecule has 0 saturated heterocycles. The molecule has 0 saturated carbocycles. The van der Waals surface area contributed by atoms with Gasteiger partial charge >= 0.3 is 0 Å². The van der Waals surface area contributed by atoms with Gasteiger partial charge in [0.2, 0.25) is 0 Å². The predicted octanol–water partition coefficient (Wildman–Crippen LogP) is 2.64. The van der Waals surface area contributed by atoms with Crippen LogP contribution in [0.2, 0.25) is 0 Å². The van der Waals surface area contributed by atoms with Crippen LogP contribution < -0.4 is 5.73 Å². The minimum atomic E-state index is -0.427. The van der Waals surface area contributed by atoms with Gasteiger partial charge in [0.25, 0.3) is 5.69 Å². The van der Waals surface area contributed by atoms with Crippen LogP contribution in [0, 0.1) is 16.2 Å². The van der Waals surface area contributed by atoms with E-state index in [0.717, 1.165) is 5.56 Å². The number of anilines is 1. The molecule has 2 aromatic rings. The average molecular weight is 213 g/mol. The summed E-state index contributed by atoms with van der Waals surface area (Å²) in [6.07, 6.45) is 0. The first-order chi connectivity index (χ1) is 7.66. The Hall–Kier alpha value is -2.36. The minimum Gasteiger partial charge on any atom is -0.399 e. The minimum absolute atomic E-state index is 0.0520. The van der Waals surface area contributed by atoms with Gasteiger partial charge in [-0.1, -0.05) is 12.1 Å². The molecular formula is C12H9N2O2. The molecule has 0 aromatic heterocycles. The van der Waals surface area contributed by atoms with E-state index < -0.39 is 4.92 Å². The monoisotopic (exact) mass is 213 g/mol. The highest BCUT2D eigenvalue weighted by molar-refractivity contribution is 5.68. The van der Waals surface area contributed by atoms with Gasteiger partial charge in [-0.2, -0.15) is 0 Å². The van der Waals surface area contributed by atoms with Crippen molar-refractivity contribution in [3.05, 3.63) is 58.6 Å². The first kappa shape index (κ1) is 10.2. The van der Waals surface area contributed by atoms with Gasteiger partial charge in [-0.3, -0.25) is 10.1 Å². The van der Waals surface area contributed by atoms with Crippen LogP contribution in [-0.4, -0.2) is 4.92 Å². The lowest BCUT2D eigenvalue weighted by atomic mass is 10.0. The summed E-state index contributed by atoms with van der Waals surface area (Å²) in [4.78, 5) is 10.2. The molecule has 16 heavy (non-hydrogen) atoms. The Morgan fingerprint density at radius 1 is 1.25 bits per heavy atom. The van der Waals surface area contributed by atoms with Gasteiger partial charge in [0.15, 0.2) is 0 Å². The van der Waals surface area contributed by atoms with Crippen molar-refractivity contribution < 1.29 is 4.92 Å². The Bertz CT molecular complexity index is 538. The van der Waals surface area contributed by atoms with Crippen molar-refractivity contribution >= 4 is 11.4 Å². The number of nitrogen functional groups attached to an aromatic ring is 1. The van der Waals surface area contributed by atoms with Gasteiger partial charge in [0.1, 0.15) is 0 Å². The summed E-state index contributed by atoms with van der Waals surface area (Å²) in [5, 5.41) is 10.6. The molecule has 0 bridgehead atoms. The summed E-state index contributed by atoms with van der Waals surface area (Å²) in [6, 6.07) is 14.5. The zero-order valence-electron chi connectivity index (χ0n) is 8.38. The molecule has 2 rings (SSSR count). The molecule has 0 aliphatic carbocycles. The van der Waals surface area contributed by atoms with Crippen LogP contribution in [0.5, 0.6) is 0 Å². The Balaban J connectivity index is 2.48. The summed E-state index contributed by atoms with van der Waals surface area (Å²) in [5.41, 5.74) is 7.81. The maximum absolute atomic E-state index is 10.6. The molecule has 0 aliphatic rings. The van der Waals surface area contributed by atoms with Gasteiger partial charge in [0, 0.05) is 17.8 Å². The molecule has 0 unspecified atom stereocenters. The van der Waals surface area contributed by atoms with Crippen molar-refractivity contribution in [1.82, 2.24) is 0 Å². The molecule has 0 amide bonds. The van der Waals surface area contributed by atoms with E-state index >= 15 is 0 Å². The largest absolute Gasteiger partial charge is 0.399 e. The molecule has 2 aromatic carbocycles. The lowest BCUT2D eigenvalue weighted by molar-refractivity contribution is -0.384. The number of hydrogen-bond acceptors (Lipinski definition) is 3. The van der Waals surface area contributed by atoms with Crippen molar-refractivity contribution in [3.8, 4) is 11.1 Å². The fourth-order valence-electron chi connectivity index (χ4n) is 1.44. The van der Waals surface area contributed by atoms with Gasteiger partial charge in [-0.15, -0.1) is 0 Å². The Kier molecular flexibility index (Phi) is 2.55. The van der Waals surface area contributed by atoms with Gasteiger partial charge < -0.3 is 5.73 Å². The molecule has 2 N–H and O–H groups in total. The van der Waals surface area contributed by atoms with E-state index in [9.17, 15) is 10.1 Å². The van der Waals surface area contributed by atoms with Crippen LogP contribution in [0.15, 0.2) is 42.5 Å². The second-order valence-electron chi connectivity index (χ2n) is 3.34. The fourth-order valence-corrected chi connectivity index (χ4v) is 1.44. The van der Waals surface area contributed by atoms with Crippen LogP contribution >= 0.6 is 0 Å². The number of nitrogens with zero attached hydrogens (tertiary/aromatic N) is 1. The Labute approximate surface area is 92.5 Å². The summed E-state index contributed by atoms with van der Waals surface area (Å²) in [5.74, 6) is 0. The topological polar surface area (TPSA) is 69.2 Å². The number of non-ortho nitro benzene ring substituents is 1. The highest BCUT2D eigenvalue weighted by Crippen LogP contribution is 2.24. The zero-order chi connectivity index (χ0) is 11.5. The number of nitro benzene ring substituents is 1. The second kappa shape index (κ2) is 4.02. The second-order valence-corrected chi connectivity index (χ2v) is 3.34. The van der Waals surface area contributed by atoms with Gasteiger partial charge in [0.05, 0.1) is 4.92 Å². The van der Waals surface area contributed by atoms with E-state index in [0.29, 0.717) is 11.3 Å². The molecular weight excluding hydrogens is 204 g/mol. The van der Waals surface area contributed by atoms with Crippen molar-refractivity contribution in [3.63, 3.8) is 0 Å². The van der Waals surface area contributed by atoms with E-state index in [1.165, 1.54) is 18.2 Å². The van der Waals surface area contributed by atoms with Crippen LogP contribution in [0.3, 0.4) is 0 Å². The Morgan fingerprint density at radius 2 is 2.06 bits per heavy atom. The molecule has 0 fully saturated rings. The molecule has 1 radical (unpaired) electrons. The van der Waals surface area contributed by atoms with Crippen LogP contribution in [0.1, 0.15) is 0 Å². The molecule has 0 aliphatic heterocycles. The van der Waals surface area contributed by atoms with Crippen LogP contribution in [0.25, 0.3) is 11.1 Å². The fraction of sp³-hybridized carbons (Fsp3) is 0. The van der Waals surface area contributed by atoms with E-state index in [2.05, 4.69) is 6.07 Å². The maximum Gasteiger partial charge on any atom is 0.270 e. The summed E-state index contributed by atoms with van der Waals surface area (Å²) < 4.78 is 0. The van der Waals surface area contributed by atoms with Crippen LogP contribution in [0.4, 0.5) is 11.4 Å². The third-order valence-corrected chi connectivity index (χ3v) is 2.19.